The highest BCUT2D eigenvalue weighted by Gasteiger charge is 2.30. The highest BCUT2D eigenvalue weighted by atomic mass is 19.3. The molecule has 0 heterocycles. The number of hydrogen-bond acceptors (Lipinski definition) is 2. The minimum absolute atomic E-state index is 0.0543. The number of alkyl halides is 2. The quantitative estimate of drug-likeness (QED) is 0.214. The Hall–Kier alpha value is -2.97. The molecule has 2 nitrogen and oxygen atoms in total. The third kappa shape index (κ3) is 6.18. The summed E-state index contributed by atoms with van der Waals surface area (Å²) in [5.74, 6) is -8.03. The zero-order chi connectivity index (χ0) is 29.0. The average Bonchev–Trinajstić information content (AvgIpc) is 2.93. The second-order valence-electron chi connectivity index (χ2n) is 10.5. The SMILES string of the molecule is CCCOc1ccc2c(OC(F)F)c(-c3ccc(CCC4CCC(CCC)CC4)c(F)c3F)c(F)c(F)c2c1F. The molecule has 3 aromatic rings. The molecule has 218 valence electrons. The van der Waals surface area contributed by atoms with Gasteiger partial charge < -0.3 is 9.47 Å². The molecule has 40 heavy (non-hydrogen) atoms. The Morgan fingerprint density at radius 2 is 1.43 bits per heavy atom. The summed E-state index contributed by atoms with van der Waals surface area (Å²) >= 11 is 0. The molecule has 0 N–H and O–H groups in total. The van der Waals surface area contributed by atoms with Crippen LogP contribution < -0.4 is 9.47 Å². The van der Waals surface area contributed by atoms with Gasteiger partial charge in [0.2, 0.25) is 0 Å². The second kappa shape index (κ2) is 13.1. The lowest BCUT2D eigenvalue weighted by molar-refractivity contribution is -0.0486. The highest BCUT2D eigenvalue weighted by Crippen LogP contribution is 2.45. The van der Waals surface area contributed by atoms with Crippen molar-refractivity contribution in [2.45, 2.75) is 78.2 Å². The highest BCUT2D eigenvalue weighted by molar-refractivity contribution is 5.97. The van der Waals surface area contributed by atoms with Gasteiger partial charge in [-0.3, -0.25) is 0 Å². The minimum atomic E-state index is -3.54. The summed E-state index contributed by atoms with van der Waals surface area (Å²) in [7, 11) is 0. The Labute approximate surface area is 229 Å². The van der Waals surface area contributed by atoms with Gasteiger partial charge in [-0.2, -0.15) is 8.78 Å². The molecule has 0 radical (unpaired) electrons. The smallest absolute Gasteiger partial charge is 0.387 e. The summed E-state index contributed by atoms with van der Waals surface area (Å²) in [6, 6.07) is 4.34. The van der Waals surface area contributed by atoms with Crippen LogP contribution in [0.25, 0.3) is 21.9 Å². The van der Waals surface area contributed by atoms with E-state index in [0.29, 0.717) is 24.7 Å². The molecule has 0 amide bonds. The van der Waals surface area contributed by atoms with E-state index in [1.807, 2.05) is 0 Å². The fraction of sp³-hybridized carbons (Fsp3) is 0.484. The first-order valence-electron chi connectivity index (χ1n) is 13.9. The van der Waals surface area contributed by atoms with Gasteiger partial charge in [0.25, 0.3) is 0 Å². The van der Waals surface area contributed by atoms with Gasteiger partial charge in [-0.1, -0.05) is 64.5 Å². The van der Waals surface area contributed by atoms with Gasteiger partial charge in [0, 0.05) is 10.9 Å². The molecule has 1 aliphatic carbocycles. The summed E-state index contributed by atoms with van der Waals surface area (Å²) in [5.41, 5.74) is -1.80. The first kappa shape index (κ1) is 30.0. The second-order valence-corrected chi connectivity index (χ2v) is 10.5. The van der Waals surface area contributed by atoms with Crippen molar-refractivity contribution in [3.8, 4) is 22.6 Å². The van der Waals surface area contributed by atoms with E-state index in [-0.39, 0.29) is 18.6 Å². The van der Waals surface area contributed by atoms with Crippen molar-refractivity contribution < 1.29 is 40.2 Å². The van der Waals surface area contributed by atoms with Gasteiger partial charge in [-0.15, -0.1) is 0 Å². The van der Waals surface area contributed by atoms with E-state index < -0.39 is 69.1 Å². The summed E-state index contributed by atoms with van der Waals surface area (Å²) < 4.78 is 113. The summed E-state index contributed by atoms with van der Waals surface area (Å²) in [6.45, 7) is 0.441. The van der Waals surface area contributed by atoms with Crippen LogP contribution in [-0.2, 0) is 6.42 Å². The van der Waals surface area contributed by atoms with Crippen LogP contribution in [0.1, 0.15) is 70.8 Å². The molecule has 9 heteroatoms. The Kier molecular flexibility index (Phi) is 9.85. The zero-order valence-electron chi connectivity index (χ0n) is 22.6. The molecule has 0 aliphatic heterocycles. The summed E-state index contributed by atoms with van der Waals surface area (Å²) in [6.07, 6.45) is 7.98. The van der Waals surface area contributed by atoms with Crippen LogP contribution in [0.2, 0.25) is 0 Å². The van der Waals surface area contributed by atoms with Gasteiger partial charge in [0.15, 0.2) is 34.8 Å². The molecule has 0 bridgehead atoms. The normalized spacial score (nSPS) is 17.6. The number of rotatable bonds is 11. The van der Waals surface area contributed by atoms with Crippen molar-refractivity contribution in [3.63, 3.8) is 0 Å². The molecular formula is C31H33F7O2. The van der Waals surface area contributed by atoms with Crippen molar-refractivity contribution in [1.82, 2.24) is 0 Å². The number of halogens is 7. The molecule has 0 aromatic heterocycles. The number of fused-ring (bicyclic) bond motifs is 1. The largest absolute Gasteiger partial charge is 0.491 e. The first-order chi connectivity index (χ1) is 19.2. The van der Waals surface area contributed by atoms with Crippen LogP contribution in [-0.4, -0.2) is 13.2 Å². The van der Waals surface area contributed by atoms with E-state index in [4.69, 9.17) is 4.74 Å². The number of hydrogen-bond donors (Lipinski definition) is 0. The van der Waals surface area contributed by atoms with Crippen LogP contribution >= 0.6 is 0 Å². The monoisotopic (exact) mass is 570 g/mol. The third-order valence-corrected chi connectivity index (χ3v) is 7.80. The lowest BCUT2D eigenvalue weighted by atomic mass is 9.78. The van der Waals surface area contributed by atoms with Crippen molar-refractivity contribution in [3.05, 3.63) is 58.9 Å². The van der Waals surface area contributed by atoms with Gasteiger partial charge in [-0.25, -0.2) is 22.0 Å². The molecule has 0 spiro atoms. The third-order valence-electron chi connectivity index (χ3n) is 7.80. The van der Waals surface area contributed by atoms with E-state index in [0.717, 1.165) is 50.3 Å². The Morgan fingerprint density at radius 1 is 0.750 bits per heavy atom. The molecule has 1 fully saturated rings. The number of benzene rings is 3. The van der Waals surface area contributed by atoms with Gasteiger partial charge in [-0.05, 0) is 48.8 Å². The number of aryl methyl sites for hydroxylation is 1. The first-order valence-corrected chi connectivity index (χ1v) is 13.9. The van der Waals surface area contributed by atoms with E-state index in [1.165, 1.54) is 12.5 Å². The minimum Gasteiger partial charge on any atom is -0.491 e. The topological polar surface area (TPSA) is 18.5 Å². The van der Waals surface area contributed by atoms with Crippen LogP contribution in [0, 0.1) is 40.9 Å². The van der Waals surface area contributed by atoms with Crippen molar-refractivity contribution >= 4 is 10.8 Å². The molecule has 0 atom stereocenters. The predicted octanol–water partition coefficient (Wildman–Crippen LogP) is 10.1. The molecule has 4 rings (SSSR count). The van der Waals surface area contributed by atoms with Gasteiger partial charge >= 0.3 is 6.61 Å². The Bertz CT molecular complexity index is 1330. The molecule has 3 aromatic carbocycles. The fourth-order valence-corrected chi connectivity index (χ4v) is 5.74. The zero-order valence-corrected chi connectivity index (χ0v) is 22.6. The Morgan fingerprint density at radius 3 is 2.05 bits per heavy atom. The van der Waals surface area contributed by atoms with E-state index in [2.05, 4.69) is 11.7 Å². The van der Waals surface area contributed by atoms with E-state index in [9.17, 15) is 8.78 Å². The van der Waals surface area contributed by atoms with Crippen LogP contribution in [0.4, 0.5) is 30.7 Å². The maximum Gasteiger partial charge on any atom is 0.387 e. The van der Waals surface area contributed by atoms with Gasteiger partial charge in [0.05, 0.1) is 17.6 Å². The van der Waals surface area contributed by atoms with Crippen LogP contribution in [0.3, 0.4) is 0 Å². The van der Waals surface area contributed by atoms with E-state index in [1.54, 1.807) is 6.92 Å². The van der Waals surface area contributed by atoms with Crippen molar-refractivity contribution in [2.75, 3.05) is 6.61 Å². The van der Waals surface area contributed by atoms with Crippen LogP contribution in [0.5, 0.6) is 11.5 Å². The molecular weight excluding hydrogens is 537 g/mol. The Balaban J connectivity index is 1.71. The van der Waals surface area contributed by atoms with Crippen molar-refractivity contribution in [2.24, 2.45) is 11.8 Å². The predicted molar refractivity (Wildman–Crippen MR) is 140 cm³/mol. The lowest BCUT2D eigenvalue weighted by Gasteiger charge is -2.28. The molecule has 0 saturated heterocycles. The average molecular weight is 571 g/mol. The molecule has 1 saturated carbocycles. The van der Waals surface area contributed by atoms with Gasteiger partial charge in [0.1, 0.15) is 5.75 Å². The summed E-state index contributed by atoms with van der Waals surface area (Å²) in [4.78, 5) is 0. The maximum absolute atomic E-state index is 15.4. The number of ether oxygens (including phenoxy) is 2. The fourth-order valence-electron chi connectivity index (χ4n) is 5.74. The lowest BCUT2D eigenvalue weighted by Crippen LogP contribution is -2.15. The molecule has 0 unspecified atom stereocenters. The summed E-state index contributed by atoms with van der Waals surface area (Å²) in [5, 5.41) is -1.56. The molecule has 1 aliphatic rings. The standard InChI is InChI=1S/C31H33F7O2/c1-3-5-17-6-8-18(9-7-17)10-11-19-12-13-20(26(33)25(19)32)24-29(36)28(35)23-21(30(24)40-31(37)38)14-15-22(27(23)34)39-16-4-2/h12-15,17-18,31H,3-11,16H2,1-2H3. The van der Waals surface area contributed by atoms with Crippen molar-refractivity contribution in [1.29, 1.82) is 0 Å². The van der Waals surface area contributed by atoms with Crippen LogP contribution in [0.15, 0.2) is 24.3 Å². The van der Waals surface area contributed by atoms with E-state index >= 15 is 22.0 Å². The maximum atomic E-state index is 15.4.